The summed E-state index contributed by atoms with van der Waals surface area (Å²) in [6.07, 6.45) is 0. The van der Waals surface area contributed by atoms with Crippen molar-refractivity contribution in [3.05, 3.63) is 10.7 Å². The molecule has 2 aromatic rings. The summed E-state index contributed by atoms with van der Waals surface area (Å²) in [4.78, 5) is 22.2. The fraction of sp³-hybridized carbons (Fsp3) is 0.625. The van der Waals surface area contributed by atoms with E-state index in [2.05, 4.69) is 27.0 Å². The Labute approximate surface area is 155 Å². The zero-order valence-electron chi connectivity index (χ0n) is 15.0. The number of hydrogen-bond donors (Lipinski definition) is 0. The van der Waals surface area contributed by atoms with Gasteiger partial charge in [0.05, 0.1) is 16.0 Å². The van der Waals surface area contributed by atoms with Gasteiger partial charge in [-0.25, -0.2) is 4.98 Å². The van der Waals surface area contributed by atoms with E-state index in [1.807, 2.05) is 25.7 Å². The summed E-state index contributed by atoms with van der Waals surface area (Å²) in [5, 5.41) is 9.34. The number of aromatic nitrogens is 3. The Bertz CT molecular complexity index is 737. The number of nitrogens with zero attached hydrogens (tertiary/aromatic N) is 5. The van der Waals surface area contributed by atoms with E-state index in [0.717, 1.165) is 48.3 Å². The van der Waals surface area contributed by atoms with Crippen LogP contribution in [0.4, 0.5) is 0 Å². The van der Waals surface area contributed by atoms with Crippen LogP contribution in [0.2, 0.25) is 0 Å². The molecule has 3 heterocycles. The first kappa shape index (κ1) is 18.3. The highest BCUT2D eigenvalue weighted by Gasteiger charge is 2.26. The van der Waals surface area contributed by atoms with Crippen molar-refractivity contribution in [2.45, 2.75) is 38.2 Å². The molecule has 0 aliphatic carbocycles. The lowest BCUT2D eigenvalue weighted by atomic mass is 10.3. The van der Waals surface area contributed by atoms with E-state index >= 15 is 0 Å². The van der Waals surface area contributed by atoms with Gasteiger partial charge in [0, 0.05) is 26.2 Å². The van der Waals surface area contributed by atoms with E-state index in [1.54, 1.807) is 0 Å². The Balaban J connectivity index is 1.61. The summed E-state index contributed by atoms with van der Waals surface area (Å²) in [6, 6.07) is 0. The average Bonchev–Trinajstić information content (AvgIpc) is 3.20. The second-order valence-electron chi connectivity index (χ2n) is 6.04. The van der Waals surface area contributed by atoms with Crippen molar-refractivity contribution in [2.24, 2.45) is 0 Å². The predicted octanol–water partition coefficient (Wildman–Crippen LogP) is 2.45. The van der Waals surface area contributed by atoms with Crippen LogP contribution in [0.5, 0.6) is 0 Å². The van der Waals surface area contributed by atoms with Gasteiger partial charge in [0.1, 0.15) is 4.88 Å². The van der Waals surface area contributed by atoms with E-state index in [0.29, 0.717) is 11.1 Å². The van der Waals surface area contributed by atoms with Crippen LogP contribution in [0, 0.1) is 13.8 Å². The number of carbonyl (C=O) groups excluding carboxylic acids is 1. The normalized spacial score (nSPS) is 17.0. The second-order valence-corrected chi connectivity index (χ2v) is 8.54. The molecule has 0 spiro atoms. The van der Waals surface area contributed by atoms with Gasteiger partial charge in [-0.15, -0.1) is 21.5 Å². The van der Waals surface area contributed by atoms with Gasteiger partial charge in [-0.05, 0) is 27.3 Å². The molecule has 1 fully saturated rings. The van der Waals surface area contributed by atoms with Crippen LogP contribution >= 0.6 is 23.1 Å². The average molecular weight is 382 g/mol. The lowest BCUT2D eigenvalue weighted by Gasteiger charge is -2.35. The molecule has 25 heavy (non-hydrogen) atoms. The molecule has 1 aliphatic rings. The van der Waals surface area contributed by atoms with Crippen LogP contribution in [0.25, 0.3) is 10.8 Å². The molecule has 2 aromatic heterocycles. The molecule has 136 valence electrons. The highest BCUT2D eigenvalue weighted by atomic mass is 32.2. The minimum atomic E-state index is -0.245. The number of aryl methyl sites for hydroxylation is 2. The lowest BCUT2D eigenvalue weighted by Crippen LogP contribution is -2.50. The Kier molecular flexibility index (Phi) is 5.75. The van der Waals surface area contributed by atoms with E-state index in [-0.39, 0.29) is 11.2 Å². The largest absolute Gasteiger partial charge is 0.410 e. The standard InChI is InChI=1S/C16H23N5O2S2/c1-5-20-6-8-21(9-7-20)15(22)11(3)24-16-19-18-14(23-16)13-10(2)17-12(4)25-13/h11H,5-9H2,1-4H3. The van der Waals surface area contributed by atoms with E-state index in [1.165, 1.54) is 23.1 Å². The maximum Gasteiger partial charge on any atom is 0.277 e. The highest BCUT2D eigenvalue weighted by Crippen LogP contribution is 2.32. The van der Waals surface area contributed by atoms with Crippen molar-refractivity contribution in [1.82, 2.24) is 25.0 Å². The number of rotatable bonds is 5. The van der Waals surface area contributed by atoms with E-state index < -0.39 is 0 Å². The molecule has 9 heteroatoms. The van der Waals surface area contributed by atoms with Crippen LogP contribution < -0.4 is 0 Å². The van der Waals surface area contributed by atoms with Crippen molar-refractivity contribution < 1.29 is 9.21 Å². The third kappa shape index (κ3) is 4.21. The van der Waals surface area contributed by atoms with Crippen molar-refractivity contribution in [2.75, 3.05) is 32.7 Å². The maximum absolute atomic E-state index is 12.6. The molecule has 0 radical (unpaired) electrons. The zero-order chi connectivity index (χ0) is 18.0. The zero-order valence-corrected chi connectivity index (χ0v) is 16.6. The van der Waals surface area contributed by atoms with Gasteiger partial charge in [-0.2, -0.15) is 0 Å². The molecule has 1 unspecified atom stereocenters. The third-order valence-corrected chi connectivity index (χ3v) is 6.24. The summed E-state index contributed by atoms with van der Waals surface area (Å²) < 4.78 is 5.74. The van der Waals surface area contributed by atoms with Gasteiger partial charge in [-0.3, -0.25) is 4.79 Å². The number of amides is 1. The van der Waals surface area contributed by atoms with Crippen molar-refractivity contribution in [1.29, 1.82) is 0 Å². The number of hydrogen-bond acceptors (Lipinski definition) is 8. The smallest absolute Gasteiger partial charge is 0.277 e. The first-order valence-electron chi connectivity index (χ1n) is 8.43. The van der Waals surface area contributed by atoms with Crippen molar-refractivity contribution >= 4 is 29.0 Å². The minimum absolute atomic E-state index is 0.130. The monoisotopic (exact) mass is 381 g/mol. The number of thioether (sulfide) groups is 1. The SMILES string of the molecule is CCN1CCN(C(=O)C(C)Sc2nnc(-c3sc(C)nc3C)o2)CC1. The fourth-order valence-electron chi connectivity index (χ4n) is 2.82. The summed E-state index contributed by atoms with van der Waals surface area (Å²) in [6.45, 7) is 12.4. The van der Waals surface area contributed by atoms with Crippen LogP contribution in [0.3, 0.4) is 0 Å². The number of piperazine rings is 1. The van der Waals surface area contributed by atoms with Gasteiger partial charge in [0.2, 0.25) is 5.91 Å². The van der Waals surface area contributed by atoms with Gasteiger partial charge >= 0.3 is 0 Å². The molecule has 1 atom stereocenters. The minimum Gasteiger partial charge on any atom is -0.410 e. The van der Waals surface area contributed by atoms with Gasteiger partial charge in [0.25, 0.3) is 11.1 Å². The van der Waals surface area contributed by atoms with Gasteiger partial charge in [-0.1, -0.05) is 18.7 Å². The Hall–Kier alpha value is -1.45. The summed E-state index contributed by atoms with van der Waals surface area (Å²) in [5.74, 6) is 0.604. The number of likely N-dealkylation sites (N-methyl/N-ethyl adjacent to an activating group) is 1. The Morgan fingerprint density at radius 1 is 1.28 bits per heavy atom. The predicted molar refractivity (Wildman–Crippen MR) is 98.9 cm³/mol. The second kappa shape index (κ2) is 7.84. The van der Waals surface area contributed by atoms with Crippen LogP contribution in [0.1, 0.15) is 24.5 Å². The maximum atomic E-state index is 12.6. The van der Waals surface area contributed by atoms with Crippen molar-refractivity contribution in [3.63, 3.8) is 0 Å². The van der Waals surface area contributed by atoms with Crippen molar-refractivity contribution in [3.8, 4) is 10.8 Å². The first-order chi connectivity index (χ1) is 12.0. The molecule has 0 aromatic carbocycles. The van der Waals surface area contributed by atoms with Crippen LogP contribution in [0.15, 0.2) is 9.64 Å². The quantitative estimate of drug-likeness (QED) is 0.736. The molecule has 1 amide bonds. The number of carbonyl (C=O) groups is 1. The molecule has 0 bridgehead atoms. The fourth-order valence-corrected chi connectivity index (χ4v) is 4.43. The van der Waals surface area contributed by atoms with Crippen LogP contribution in [-0.2, 0) is 4.79 Å². The summed E-state index contributed by atoms with van der Waals surface area (Å²) in [7, 11) is 0. The van der Waals surface area contributed by atoms with E-state index in [9.17, 15) is 4.79 Å². The molecular formula is C16H23N5O2S2. The topological polar surface area (TPSA) is 75.4 Å². The molecule has 1 aliphatic heterocycles. The molecule has 0 N–H and O–H groups in total. The van der Waals surface area contributed by atoms with Gasteiger partial charge < -0.3 is 14.2 Å². The highest BCUT2D eigenvalue weighted by molar-refractivity contribution is 8.00. The summed E-state index contributed by atoms with van der Waals surface area (Å²) in [5.41, 5.74) is 0.889. The number of thiazole rings is 1. The molecular weight excluding hydrogens is 358 g/mol. The summed E-state index contributed by atoms with van der Waals surface area (Å²) >= 11 is 2.85. The Morgan fingerprint density at radius 3 is 2.60 bits per heavy atom. The van der Waals surface area contributed by atoms with Crippen LogP contribution in [-0.4, -0.2) is 68.9 Å². The van der Waals surface area contributed by atoms with Gasteiger partial charge in [0.15, 0.2) is 0 Å². The Morgan fingerprint density at radius 2 is 2.00 bits per heavy atom. The molecule has 7 nitrogen and oxygen atoms in total. The third-order valence-electron chi connectivity index (χ3n) is 4.26. The molecule has 0 saturated carbocycles. The molecule has 1 saturated heterocycles. The first-order valence-corrected chi connectivity index (χ1v) is 10.1. The van der Waals surface area contributed by atoms with E-state index in [4.69, 9.17) is 4.42 Å². The molecule has 3 rings (SSSR count). The lowest BCUT2D eigenvalue weighted by molar-refractivity contribution is -0.132.